The highest BCUT2D eigenvalue weighted by molar-refractivity contribution is 5.58. The number of nitrogens with zero attached hydrogens (tertiary/aromatic N) is 1. The molecule has 4 N–H and O–H groups in total. The molecule has 2 aromatic rings. The largest absolute Gasteiger partial charge is 0.497 e. The Morgan fingerprint density at radius 3 is 2.41 bits per heavy atom. The van der Waals surface area contributed by atoms with Gasteiger partial charge in [-0.25, -0.2) is 10.8 Å². The van der Waals surface area contributed by atoms with Crippen LogP contribution < -0.4 is 21.3 Å². The Morgan fingerprint density at radius 2 is 1.76 bits per heavy atom. The van der Waals surface area contributed by atoms with Crippen molar-refractivity contribution in [3.05, 3.63) is 42.5 Å². The molecule has 0 amide bonds. The maximum absolute atomic E-state index is 5.29. The SMILES string of the molecule is COc1ccc(Nc2cccc(NN)n2)cc1. The molecule has 1 aromatic heterocycles. The fraction of sp³-hybridized carbons (Fsp3) is 0.0833. The molecular formula is C12H14N4O. The number of benzene rings is 1. The number of hydrazine groups is 1. The summed E-state index contributed by atoms with van der Waals surface area (Å²) < 4.78 is 5.09. The molecular weight excluding hydrogens is 216 g/mol. The van der Waals surface area contributed by atoms with Gasteiger partial charge in [-0.2, -0.15) is 0 Å². The van der Waals surface area contributed by atoms with Crippen LogP contribution in [0.5, 0.6) is 5.75 Å². The van der Waals surface area contributed by atoms with Crippen molar-refractivity contribution in [1.29, 1.82) is 0 Å². The minimum Gasteiger partial charge on any atom is -0.497 e. The number of hydrogen-bond donors (Lipinski definition) is 3. The van der Waals surface area contributed by atoms with Crippen LogP contribution >= 0.6 is 0 Å². The van der Waals surface area contributed by atoms with E-state index in [9.17, 15) is 0 Å². The predicted molar refractivity (Wildman–Crippen MR) is 68.3 cm³/mol. The van der Waals surface area contributed by atoms with Crippen molar-refractivity contribution in [2.75, 3.05) is 17.9 Å². The summed E-state index contributed by atoms with van der Waals surface area (Å²) in [5, 5.41) is 3.17. The van der Waals surface area contributed by atoms with Crippen LogP contribution in [0.2, 0.25) is 0 Å². The lowest BCUT2D eigenvalue weighted by molar-refractivity contribution is 0.415. The van der Waals surface area contributed by atoms with E-state index in [1.807, 2.05) is 36.4 Å². The lowest BCUT2D eigenvalue weighted by Gasteiger charge is -2.07. The molecule has 88 valence electrons. The van der Waals surface area contributed by atoms with Gasteiger partial charge in [0.1, 0.15) is 17.4 Å². The average Bonchev–Trinajstić information content (AvgIpc) is 2.40. The van der Waals surface area contributed by atoms with Crippen LogP contribution in [0.25, 0.3) is 0 Å². The second-order valence-electron chi connectivity index (χ2n) is 3.41. The minimum absolute atomic E-state index is 0.614. The molecule has 0 aliphatic rings. The van der Waals surface area contributed by atoms with Crippen LogP contribution in [0.3, 0.4) is 0 Å². The quantitative estimate of drug-likeness (QED) is 0.554. The first-order valence-electron chi connectivity index (χ1n) is 5.16. The van der Waals surface area contributed by atoms with E-state index in [1.54, 1.807) is 13.2 Å². The highest BCUT2D eigenvalue weighted by Gasteiger charge is 1.98. The van der Waals surface area contributed by atoms with Gasteiger partial charge < -0.3 is 15.5 Å². The number of rotatable bonds is 4. The Hall–Kier alpha value is -2.27. The summed E-state index contributed by atoms with van der Waals surface area (Å²) in [5.74, 6) is 7.46. The van der Waals surface area contributed by atoms with E-state index < -0.39 is 0 Å². The number of anilines is 3. The highest BCUT2D eigenvalue weighted by Crippen LogP contribution is 2.19. The molecule has 1 aromatic carbocycles. The molecule has 0 saturated carbocycles. The number of ether oxygens (including phenoxy) is 1. The lowest BCUT2D eigenvalue weighted by atomic mass is 10.3. The third-order valence-electron chi connectivity index (χ3n) is 2.26. The van der Waals surface area contributed by atoms with E-state index in [2.05, 4.69) is 15.7 Å². The molecule has 2 rings (SSSR count). The molecule has 0 atom stereocenters. The van der Waals surface area contributed by atoms with Gasteiger partial charge in [0.15, 0.2) is 0 Å². The van der Waals surface area contributed by atoms with E-state index in [4.69, 9.17) is 10.6 Å². The zero-order valence-electron chi connectivity index (χ0n) is 9.47. The van der Waals surface area contributed by atoms with Crippen molar-refractivity contribution >= 4 is 17.3 Å². The van der Waals surface area contributed by atoms with Crippen molar-refractivity contribution in [3.63, 3.8) is 0 Å². The Morgan fingerprint density at radius 1 is 1.06 bits per heavy atom. The molecule has 17 heavy (non-hydrogen) atoms. The summed E-state index contributed by atoms with van der Waals surface area (Å²) >= 11 is 0. The molecule has 0 aliphatic heterocycles. The van der Waals surface area contributed by atoms with E-state index in [1.165, 1.54) is 0 Å². The summed E-state index contributed by atoms with van der Waals surface area (Å²) in [6, 6.07) is 13.1. The smallest absolute Gasteiger partial charge is 0.142 e. The first kappa shape index (κ1) is 11.2. The number of methoxy groups -OCH3 is 1. The van der Waals surface area contributed by atoms with Crippen LogP contribution in [0.4, 0.5) is 17.3 Å². The third-order valence-corrected chi connectivity index (χ3v) is 2.26. The highest BCUT2D eigenvalue weighted by atomic mass is 16.5. The average molecular weight is 230 g/mol. The van der Waals surface area contributed by atoms with Crippen LogP contribution in [-0.2, 0) is 0 Å². The third kappa shape index (κ3) is 2.85. The maximum atomic E-state index is 5.29. The van der Waals surface area contributed by atoms with Gasteiger partial charge in [-0.1, -0.05) is 6.07 Å². The molecule has 1 heterocycles. The van der Waals surface area contributed by atoms with E-state index >= 15 is 0 Å². The Labute approximate surface area is 99.6 Å². The van der Waals surface area contributed by atoms with E-state index in [-0.39, 0.29) is 0 Å². The van der Waals surface area contributed by atoms with Crippen molar-refractivity contribution in [2.45, 2.75) is 0 Å². The minimum atomic E-state index is 0.614. The summed E-state index contributed by atoms with van der Waals surface area (Å²) in [4.78, 5) is 4.25. The van der Waals surface area contributed by atoms with Gasteiger partial charge >= 0.3 is 0 Å². The van der Waals surface area contributed by atoms with E-state index in [0.29, 0.717) is 5.82 Å². The molecule has 0 spiro atoms. The molecule has 5 nitrogen and oxygen atoms in total. The summed E-state index contributed by atoms with van der Waals surface area (Å²) in [7, 11) is 1.64. The first-order chi connectivity index (χ1) is 8.31. The van der Waals surface area contributed by atoms with Crippen LogP contribution in [0.15, 0.2) is 42.5 Å². The van der Waals surface area contributed by atoms with Gasteiger partial charge in [-0.05, 0) is 36.4 Å². The van der Waals surface area contributed by atoms with Gasteiger partial charge in [0, 0.05) is 5.69 Å². The molecule has 0 fully saturated rings. The van der Waals surface area contributed by atoms with Gasteiger partial charge in [0.05, 0.1) is 7.11 Å². The first-order valence-corrected chi connectivity index (χ1v) is 5.16. The number of pyridine rings is 1. The normalized spacial score (nSPS) is 9.76. The molecule has 0 aliphatic carbocycles. The van der Waals surface area contributed by atoms with Gasteiger partial charge in [-0.3, -0.25) is 0 Å². The second-order valence-corrected chi connectivity index (χ2v) is 3.41. The summed E-state index contributed by atoms with van der Waals surface area (Å²) in [6.07, 6.45) is 0. The van der Waals surface area contributed by atoms with Crippen LogP contribution in [0.1, 0.15) is 0 Å². The zero-order valence-corrected chi connectivity index (χ0v) is 9.47. The Kier molecular flexibility index (Phi) is 3.42. The van der Waals surface area contributed by atoms with Crippen LogP contribution in [-0.4, -0.2) is 12.1 Å². The predicted octanol–water partition coefficient (Wildman–Crippen LogP) is 2.12. The second kappa shape index (κ2) is 5.18. The van der Waals surface area contributed by atoms with Gasteiger partial charge in [0.25, 0.3) is 0 Å². The Balaban J connectivity index is 2.13. The number of nitrogen functional groups attached to an aromatic ring is 1. The number of nitrogens with one attached hydrogen (secondary N) is 2. The standard InChI is InChI=1S/C12H14N4O/c1-17-10-7-5-9(6-8-10)14-11-3-2-4-12(15-11)16-13/h2-8H,13H2,1H3,(H2,14,15,16). The Bertz CT molecular complexity index is 484. The van der Waals surface area contributed by atoms with Crippen molar-refractivity contribution in [1.82, 2.24) is 4.98 Å². The zero-order chi connectivity index (χ0) is 12.1. The maximum Gasteiger partial charge on any atom is 0.142 e. The molecule has 5 heteroatoms. The molecule has 0 radical (unpaired) electrons. The van der Waals surface area contributed by atoms with E-state index in [0.717, 1.165) is 17.3 Å². The molecule has 0 unspecified atom stereocenters. The number of hydrogen-bond acceptors (Lipinski definition) is 5. The van der Waals surface area contributed by atoms with Crippen molar-refractivity contribution in [2.24, 2.45) is 5.84 Å². The summed E-state index contributed by atoms with van der Waals surface area (Å²) in [6.45, 7) is 0. The monoisotopic (exact) mass is 230 g/mol. The topological polar surface area (TPSA) is 72.2 Å². The number of aromatic nitrogens is 1. The fourth-order valence-corrected chi connectivity index (χ4v) is 1.41. The molecule has 0 saturated heterocycles. The summed E-state index contributed by atoms with van der Waals surface area (Å²) in [5.41, 5.74) is 3.44. The van der Waals surface area contributed by atoms with Crippen molar-refractivity contribution in [3.8, 4) is 5.75 Å². The van der Waals surface area contributed by atoms with Gasteiger partial charge in [-0.15, -0.1) is 0 Å². The fourth-order valence-electron chi connectivity index (χ4n) is 1.41. The van der Waals surface area contributed by atoms with Crippen LogP contribution in [0, 0.1) is 0 Å². The van der Waals surface area contributed by atoms with Gasteiger partial charge in [0.2, 0.25) is 0 Å². The lowest BCUT2D eigenvalue weighted by Crippen LogP contribution is -2.08. The number of nitrogens with two attached hydrogens (primary N) is 1. The van der Waals surface area contributed by atoms with Crippen molar-refractivity contribution < 1.29 is 4.74 Å². The molecule has 0 bridgehead atoms.